The van der Waals surface area contributed by atoms with Gasteiger partial charge in [-0.1, -0.05) is 6.92 Å². The van der Waals surface area contributed by atoms with Gasteiger partial charge < -0.3 is 10.2 Å². The fourth-order valence-corrected chi connectivity index (χ4v) is 2.62. The summed E-state index contributed by atoms with van der Waals surface area (Å²) >= 11 is 0. The third kappa shape index (κ3) is 3.46. The van der Waals surface area contributed by atoms with Crippen molar-refractivity contribution < 1.29 is 0 Å². The van der Waals surface area contributed by atoms with Crippen LogP contribution in [-0.2, 0) is 0 Å². The average molecular weight is 210 g/mol. The van der Waals surface area contributed by atoms with Crippen LogP contribution < -0.4 is 5.32 Å². The van der Waals surface area contributed by atoms with E-state index in [1.165, 1.54) is 51.9 Å². The van der Waals surface area contributed by atoms with Gasteiger partial charge in [0.15, 0.2) is 0 Å². The first kappa shape index (κ1) is 11.4. The van der Waals surface area contributed by atoms with Crippen molar-refractivity contribution in [3.8, 4) is 0 Å². The second kappa shape index (κ2) is 5.31. The lowest BCUT2D eigenvalue weighted by Crippen LogP contribution is -2.39. The van der Waals surface area contributed by atoms with Crippen molar-refractivity contribution in [2.24, 2.45) is 11.8 Å². The number of nitrogens with zero attached hydrogens (tertiary/aromatic N) is 1. The van der Waals surface area contributed by atoms with Crippen molar-refractivity contribution in [1.82, 2.24) is 10.2 Å². The Bertz CT molecular complexity index is 181. The quantitative estimate of drug-likeness (QED) is 0.747. The lowest BCUT2D eigenvalue weighted by Gasteiger charge is -2.31. The first-order chi connectivity index (χ1) is 7.29. The molecular formula is C13H26N2. The fraction of sp³-hybridized carbons (Fsp3) is 1.00. The minimum Gasteiger partial charge on any atom is -0.314 e. The molecule has 0 aromatic rings. The first-order valence-corrected chi connectivity index (χ1v) is 6.75. The van der Waals surface area contributed by atoms with Crippen molar-refractivity contribution in [2.45, 2.75) is 45.6 Å². The second-order valence-electron chi connectivity index (χ2n) is 5.41. The van der Waals surface area contributed by atoms with Gasteiger partial charge in [0.25, 0.3) is 0 Å². The van der Waals surface area contributed by atoms with Gasteiger partial charge in [0.05, 0.1) is 0 Å². The Labute approximate surface area is 94.4 Å². The summed E-state index contributed by atoms with van der Waals surface area (Å²) in [5.74, 6) is 1.94. The van der Waals surface area contributed by atoms with Crippen LogP contribution in [0.5, 0.6) is 0 Å². The minimum absolute atomic E-state index is 0.772. The normalized spacial score (nSPS) is 26.8. The Morgan fingerprint density at radius 2 is 1.87 bits per heavy atom. The van der Waals surface area contributed by atoms with Crippen LogP contribution in [-0.4, -0.2) is 37.1 Å². The number of hydrogen-bond acceptors (Lipinski definition) is 2. The highest BCUT2D eigenvalue weighted by molar-refractivity contribution is 4.84. The maximum atomic E-state index is 3.73. The predicted molar refractivity (Wildman–Crippen MR) is 65.0 cm³/mol. The molecule has 1 aliphatic carbocycles. The Balaban J connectivity index is 1.59. The van der Waals surface area contributed by atoms with Gasteiger partial charge in [-0.15, -0.1) is 0 Å². The number of hydrogen-bond donors (Lipinski definition) is 1. The van der Waals surface area contributed by atoms with Gasteiger partial charge in [0.2, 0.25) is 0 Å². The fourth-order valence-electron chi connectivity index (χ4n) is 2.62. The first-order valence-electron chi connectivity index (χ1n) is 6.75. The molecule has 1 heterocycles. The molecule has 0 aromatic carbocycles. The van der Waals surface area contributed by atoms with Crippen molar-refractivity contribution in [2.75, 3.05) is 26.2 Å². The zero-order valence-corrected chi connectivity index (χ0v) is 10.3. The van der Waals surface area contributed by atoms with E-state index >= 15 is 0 Å². The molecule has 0 spiro atoms. The zero-order chi connectivity index (χ0) is 10.7. The van der Waals surface area contributed by atoms with Gasteiger partial charge in [-0.2, -0.15) is 0 Å². The third-order valence-corrected chi connectivity index (χ3v) is 4.21. The molecule has 0 amide bonds. The summed E-state index contributed by atoms with van der Waals surface area (Å²) in [7, 11) is 0. The van der Waals surface area contributed by atoms with E-state index in [1.54, 1.807) is 0 Å². The molecule has 2 nitrogen and oxygen atoms in total. The maximum absolute atomic E-state index is 3.73. The molecule has 1 atom stereocenters. The number of nitrogens with one attached hydrogen (secondary N) is 1. The van der Waals surface area contributed by atoms with Crippen LogP contribution in [0.25, 0.3) is 0 Å². The van der Waals surface area contributed by atoms with E-state index in [-0.39, 0.29) is 0 Å². The Hall–Kier alpha value is -0.0800. The molecule has 1 N–H and O–H groups in total. The molecule has 0 aromatic heterocycles. The smallest absolute Gasteiger partial charge is 0.00671 e. The number of rotatable bonds is 5. The van der Waals surface area contributed by atoms with Crippen LogP contribution in [0.1, 0.15) is 39.5 Å². The summed E-state index contributed by atoms with van der Waals surface area (Å²) in [5.41, 5.74) is 0. The molecule has 1 aliphatic heterocycles. The van der Waals surface area contributed by atoms with Crippen LogP contribution in [0.4, 0.5) is 0 Å². The number of piperidine rings is 1. The van der Waals surface area contributed by atoms with Crippen molar-refractivity contribution in [3.05, 3.63) is 0 Å². The summed E-state index contributed by atoms with van der Waals surface area (Å²) in [6, 6.07) is 0.772. The number of likely N-dealkylation sites (tertiary alicyclic amines) is 1. The van der Waals surface area contributed by atoms with E-state index in [9.17, 15) is 0 Å². The van der Waals surface area contributed by atoms with E-state index in [2.05, 4.69) is 24.1 Å². The summed E-state index contributed by atoms with van der Waals surface area (Å²) in [6.07, 6.45) is 5.72. The predicted octanol–water partition coefficient (Wildman–Crippen LogP) is 2.11. The van der Waals surface area contributed by atoms with Crippen LogP contribution in [0.3, 0.4) is 0 Å². The molecular weight excluding hydrogens is 184 g/mol. The highest BCUT2D eigenvalue weighted by Gasteiger charge is 2.28. The molecule has 1 unspecified atom stereocenters. The summed E-state index contributed by atoms with van der Waals surface area (Å²) < 4.78 is 0. The van der Waals surface area contributed by atoms with E-state index in [1.807, 2.05) is 0 Å². The molecule has 2 aliphatic rings. The standard InChI is InChI=1S/C13H26N2/c1-3-15-8-6-12(7-9-15)10-14-11(2)13-4-5-13/h11-14H,3-10H2,1-2H3. The van der Waals surface area contributed by atoms with E-state index in [0.717, 1.165) is 17.9 Å². The van der Waals surface area contributed by atoms with Gasteiger partial charge in [0, 0.05) is 6.04 Å². The largest absolute Gasteiger partial charge is 0.314 e. The highest BCUT2D eigenvalue weighted by atomic mass is 15.1. The molecule has 0 radical (unpaired) electrons. The van der Waals surface area contributed by atoms with E-state index < -0.39 is 0 Å². The summed E-state index contributed by atoms with van der Waals surface area (Å²) in [5, 5.41) is 3.73. The van der Waals surface area contributed by atoms with Crippen LogP contribution in [0.15, 0.2) is 0 Å². The van der Waals surface area contributed by atoms with Gasteiger partial charge in [-0.25, -0.2) is 0 Å². The van der Waals surface area contributed by atoms with Gasteiger partial charge in [-0.05, 0) is 70.6 Å². The molecule has 1 saturated heterocycles. The molecule has 88 valence electrons. The Morgan fingerprint density at radius 3 is 2.40 bits per heavy atom. The van der Waals surface area contributed by atoms with Gasteiger partial charge >= 0.3 is 0 Å². The monoisotopic (exact) mass is 210 g/mol. The molecule has 0 bridgehead atoms. The molecule has 15 heavy (non-hydrogen) atoms. The van der Waals surface area contributed by atoms with Crippen LogP contribution in [0.2, 0.25) is 0 Å². The molecule has 2 rings (SSSR count). The van der Waals surface area contributed by atoms with Crippen LogP contribution >= 0.6 is 0 Å². The lowest BCUT2D eigenvalue weighted by atomic mass is 9.96. The lowest BCUT2D eigenvalue weighted by molar-refractivity contribution is 0.187. The average Bonchev–Trinajstić information content (AvgIpc) is 3.10. The topological polar surface area (TPSA) is 15.3 Å². The zero-order valence-electron chi connectivity index (χ0n) is 10.3. The van der Waals surface area contributed by atoms with E-state index in [0.29, 0.717) is 0 Å². The van der Waals surface area contributed by atoms with Crippen LogP contribution in [0, 0.1) is 11.8 Å². The third-order valence-electron chi connectivity index (χ3n) is 4.21. The summed E-state index contributed by atoms with van der Waals surface area (Å²) in [6.45, 7) is 9.77. The SMILES string of the molecule is CCN1CCC(CNC(C)C2CC2)CC1. The molecule has 2 fully saturated rings. The van der Waals surface area contributed by atoms with Gasteiger partial charge in [0.1, 0.15) is 0 Å². The Kier molecular flexibility index (Phi) is 4.04. The van der Waals surface area contributed by atoms with Crippen molar-refractivity contribution in [3.63, 3.8) is 0 Å². The molecule has 1 saturated carbocycles. The highest BCUT2D eigenvalue weighted by Crippen LogP contribution is 2.32. The van der Waals surface area contributed by atoms with Crippen molar-refractivity contribution in [1.29, 1.82) is 0 Å². The van der Waals surface area contributed by atoms with Gasteiger partial charge in [-0.3, -0.25) is 0 Å². The van der Waals surface area contributed by atoms with E-state index in [4.69, 9.17) is 0 Å². The maximum Gasteiger partial charge on any atom is 0.00671 e. The minimum atomic E-state index is 0.772. The summed E-state index contributed by atoms with van der Waals surface area (Å²) in [4.78, 5) is 2.57. The molecule has 2 heteroatoms. The van der Waals surface area contributed by atoms with Crippen molar-refractivity contribution >= 4 is 0 Å². The Morgan fingerprint density at radius 1 is 1.20 bits per heavy atom. The second-order valence-corrected chi connectivity index (χ2v) is 5.41.